The van der Waals surface area contributed by atoms with Gasteiger partial charge in [0.15, 0.2) is 0 Å². The molecular weight excluding hydrogens is 290 g/mol. The van der Waals surface area contributed by atoms with Gasteiger partial charge in [0.2, 0.25) is 0 Å². The van der Waals surface area contributed by atoms with Crippen LogP contribution in [0.4, 0.5) is 0 Å². The summed E-state index contributed by atoms with van der Waals surface area (Å²) in [6.07, 6.45) is 8.46. The highest BCUT2D eigenvalue weighted by molar-refractivity contribution is 6.35. The van der Waals surface area contributed by atoms with Crippen molar-refractivity contribution in [3.63, 3.8) is 0 Å². The van der Waals surface area contributed by atoms with Crippen LogP contribution in [0.1, 0.15) is 50.5 Å². The molecular formula is C18H25N3O2. The fraction of sp³-hybridized carbons (Fsp3) is 0.500. The van der Waals surface area contributed by atoms with Gasteiger partial charge in [-0.05, 0) is 37.7 Å². The third-order valence-corrected chi connectivity index (χ3v) is 3.99. The number of nitrogens with one attached hydrogen (secondary N) is 2. The minimum absolute atomic E-state index is 0.437. The summed E-state index contributed by atoms with van der Waals surface area (Å²) in [4.78, 5) is 23.5. The molecule has 0 bridgehead atoms. The van der Waals surface area contributed by atoms with Gasteiger partial charge in [-0.15, -0.1) is 0 Å². The van der Waals surface area contributed by atoms with Gasteiger partial charge in [-0.1, -0.05) is 49.6 Å². The van der Waals surface area contributed by atoms with Crippen molar-refractivity contribution >= 4 is 17.5 Å². The molecule has 2 N–H and O–H groups in total. The first-order chi connectivity index (χ1) is 11.3. The lowest BCUT2D eigenvalue weighted by Gasteiger charge is -2.11. The van der Waals surface area contributed by atoms with Crippen LogP contribution in [0, 0.1) is 0 Å². The second kappa shape index (κ2) is 9.77. The smallest absolute Gasteiger partial charge is 0.329 e. The van der Waals surface area contributed by atoms with Gasteiger partial charge in [-0.2, -0.15) is 5.10 Å². The number of benzene rings is 1. The molecule has 5 heteroatoms. The Morgan fingerprint density at radius 1 is 0.913 bits per heavy atom. The Labute approximate surface area is 137 Å². The van der Waals surface area contributed by atoms with Crippen LogP contribution < -0.4 is 10.7 Å². The fourth-order valence-corrected chi connectivity index (χ4v) is 2.65. The molecule has 0 aromatic heterocycles. The van der Waals surface area contributed by atoms with E-state index in [4.69, 9.17) is 0 Å². The van der Waals surface area contributed by atoms with E-state index in [9.17, 15) is 9.59 Å². The van der Waals surface area contributed by atoms with E-state index >= 15 is 0 Å². The van der Waals surface area contributed by atoms with Crippen LogP contribution in [0.25, 0.3) is 0 Å². The standard InChI is InChI=1S/C18H25N3O2/c22-17(19-14-13-15-9-5-4-6-10-15)18(23)21-20-16-11-7-2-1-3-8-12-16/h4-6,9-10H,1-3,7-8,11-14H2,(H,19,22)(H,21,23). The first-order valence-corrected chi connectivity index (χ1v) is 8.43. The van der Waals surface area contributed by atoms with Gasteiger partial charge in [0.1, 0.15) is 0 Å². The van der Waals surface area contributed by atoms with E-state index in [1.807, 2.05) is 30.3 Å². The maximum Gasteiger partial charge on any atom is 0.329 e. The van der Waals surface area contributed by atoms with E-state index in [1.54, 1.807) is 0 Å². The van der Waals surface area contributed by atoms with Crippen LogP contribution in [0.2, 0.25) is 0 Å². The molecule has 0 saturated heterocycles. The first-order valence-electron chi connectivity index (χ1n) is 8.43. The molecule has 0 radical (unpaired) electrons. The zero-order valence-electron chi connectivity index (χ0n) is 13.5. The largest absolute Gasteiger partial charge is 0.347 e. The maximum atomic E-state index is 11.8. The molecule has 0 heterocycles. The van der Waals surface area contributed by atoms with Gasteiger partial charge in [0.25, 0.3) is 0 Å². The Hall–Kier alpha value is -2.17. The van der Waals surface area contributed by atoms with E-state index in [2.05, 4.69) is 15.8 Å². The van der Waals surface area contributed by atoms with Crippen LogP contribution in [0.5, 0.6) is 0 Å². The number of hydrogen-bond donors (Lipinski definition) is 2. The Morgan fingerprint density at radius 3 is 2.26 bits per heavy atom. The molecule has 2 rings (SSSR count). The van der Waals surface area contributed by atoms with Crippen molar-refractivity contribution in [2.24, 2.45) is 5.10 Å². The van der Waals surface area contributed by atoms with E-state index in [-0.39, 0.29) is 0 Å². The van der Waals surface area contributed by atoms with Gasteiger partial charge in [-0.25, -0.2) is 5.43 Å². The Balaban J connectivity index is 1.70. The van der Waals surface area contributed by atoms with E-state index in [0.29, 0.717) is 13.0 Å². The molecule has 1 saturated carbocycles. The molecule has 5 nitrogen and oxygen atoms in total. The number of carbonyl (C=O) groups excluding carboxylic acids is 2. The Morgan fingerprint density at radius 2 is 1.57 bits per heavy atom. The second-order valence-corrected chi connectivity index (χ2v) is 5.88. The summed E-state index contributed by atoms with van der Waals surface area (Å²) in [6.45, 7) is 0.437. The third-order valence-electron chi connectivity index (χ3n) is 3.99. The summed E-state index contributed by atoms with van der Waals surface area (Å²) >= 11 is 0. The molecule has 1 aromatic carbocycles. The molecule has 124 valence electrons. The van der Waals surface area contributed by atoms with Crippen molar-refractivity contribution in [1.82, 2.24) is 10.7 Å². The average Bonchev–Trinajstić information content (AvgIpc) is 2.54. The van der Waals surface area contributed by atoms with Crippen molar-refractivity contribution in [3.05, 3.63) is 35.9 Å². The lowest BCUT2D eigenvalue weighted by atomic mass is 9.99. The van der Waals surface area contributed by atoms with Crippen LogP contribution >= 0.6 is 0 Å². The van der Waals surface area contributed by atoms with Gasteiger partial charge in [0.05, 0.1) is 0 Å². The minimum Gasteiger partial charge on any atom is -0.347 e. The van der Waals surface area contributed by atoms with E-state index < -0.39 is 11.8 Å². The van der Waals surface area contributed by atoms with Crippen LogP contribution in [-0.4, -0.2) is 24.1 Å². The summed E-state index contributed by atoms with van der Waals surface area (Å²) < 4.78 is 0. The highest BCUT2D eigenvalue weighted by Crippen LogP contribution is 2.14. The monoisotopic (exact) mass is 315 g/mol. The number of amides is 2. The molecule has 2 amide bonds. The molecule has 0 spiro atoms. The maximum absolute atomic E-state index is 11.8. The van der Waals surface area contributed by atoms with Gasteiger partial charge < -0.3 is 5.32 Å². The summed E-state index contributed by atoms with van der Waals surface area (Å²) in [5, 5.41) is 6.75. The fourth-order valence-electron chi connectivity index (χ4n) is 2.65. The van der Waals surface area contributed by atoms with Crippen molar-refractivity contribution < 1.29 is 9.59 Å². The van der Waals surface area contributed by atoms with E-state index in [1.165, 1.54) is 19.3 Å². The first kappa shape index (κ1) is 17.2. The zero-order valence-corrected chi connectivity index (χ0v) is 13.5. The highest BCUT2D eigenvalue weighted by atomic mass is 16.2. The molecule has 0 unspecified atom stereocenters. The zero-order chi connectivity index (χ0) is 16.3. The predicted octanol–water partition coefficient (Wildman–Crippen LogP) is 2.56. The van der Waals surface area contributed by atoms with Crippen molar-refractivity contribution in [3.8, 4) is 0 Å². The number of hydrogen-bond acceptors (Lipinski definition) is 3. The quantitative estimate of drug-likeness (QED) is 0.662. The molecule has 0 aliphatic heterocycles. The summed E-state index contributed by atoms with van der Waals surface area (Å²) in [7, 11) is 0. The minimum atomic E-state index is -0.687. The Bertz CT molecular complexity index is 530. The molecule has 1 aliphatic rings. The second-order valence-electron chi connectivity index (χ2n) is 5.88. The molecule has 1 aromatic rings. The van der Waals surface area contributed by atoms with Gasteiger partial charge >= 0.3 is 11.8 Å². The predicted molar refractivity (Wildman–Crippen MR) is 91.1 cm³/mol. The number of carbonyl (C=O) groups is 2. The topological polar surface area (TPSA) is 70.6 Å². The van der Waals surface area contributed by atoms with Crippen molar-refractivity contribution in [1.29, 1.82) is 0 Å². The SMILES string of the molecule is O=C(NCCc1ccccc1)C(=O)NN=C1CCCCCCC1. The third kappa shape index (κ3) is 6.63. The number of nitrogens with zero attached hydrogens (tertiary/aromatic N) is 1. The normalized spacial score (nSPS) is 15.2. The van der Waals surface area contributed by atoms with Gasteiger partial charge in [0, 0.05) is 12.3 Å². The number of rotatable bonds is 4. The van der Waals surface area contributed by atoms with Crippen LogP contribution in [0.3, 0.4) is 0 Å². The lowest BCUT2D eigenvalue weighted by Crippen LogP contribution is -2.39. The summed E-state index contributed by atoms with van der Waals surface area (Å²) in [5.74, 6) is -1.32. The van der Waals surface area contributed by atoms with E-state index in [0.717, 1.165) is 37.0 Å². The summed E-state index contributed by atoms with van der Waals surface area (Å²) in [6, 6.07) is 9.84. The average molecular weight is 315 g/mol. The Kier molecular flexibility index (Phi) is 7.30. The highest BCUT2D eigenvalue weighted by Gasteiger charge is 2.13. The van der Waals surface area contributed by atoms with Crippen LogP contribution in [0.15, 0.2) is 35.4 Å². The van der Waals surface area contributed by atoms with Crippen molar-refractivity contribution in [2.75, 3.05) is 6.54 Å². The van der Waals surface area contributed by atoms with Gasteiger partial charge in [-0.3, -0.25) is 9.59 Å². The summed E-state index contributed by atoms with van der Waals surface area (Å²) in [5.41, 5.74) is 4.51. The molecule has 23 heavy (non-hydrogen) atoms. The number of hydrazone groups is 1. The van der Waals surface area contributed by atoms with Crippen molar-refractivity contribution in [2.45, 2.75) is 51.4 Å². The van der Waals surface area contributed by atoms with Crippen LogP contribution in [-0.2, 0) is 16.0 Å². The lowest BCUT2D eigenvalue weighted by molar-refractivity contribution is -0.139. The molecule has 0 atom stereocenters. The molecule has 1 aliphatic carbocycles. The molecule has 1 fully saturated rings.